The molecular formula is C20H23N3O3. The first-order valence-electron chi connectivity index (χ1n) is 8.58. The third-order valence-corrected chi connectivity index (χ3v) is 4.13. The average Bonchev–Trinajstić information content (AvgIpc) is 3.00. The van der Waals surface area contributed by atoms with Gasteiger partial charge in [0.15, 0.2) is 11.5 Å². The standard InChI is InChI=1S/C20H23N3O3/c1-14(21-15(2)24)20-22-16-8-4-5-9-17(16)23(20)12-13-26-19-11-7-6-10-18(19)25-3/h4-11,14H,12-13H2,1-3H3,(H,21,24). The molecule has 1 unspecified atom stereocenters. The number of rotatable bonds is 7. The van der Waals surface area contributed by atoms with Gasteiger partial charge in [-0.3, -0.25) is 4.79 Å². The Morgan fingerprint density at radius 3 is 2.58 bits per heavy atom. The van der Waals surface area contributed by atoms with Gasteiger partial charge >= 0.3 is 0 Å². The minimum absolute atomic E-state index is 0.0821. The second-order valence-corrected chi connectivity index (χ2v) is 6.03. The van der Waals surface area contributed by atoms with Crippen molar-refractivity contribution in [3.63, 3.8) is 0 Å². The van der Waals surface area contributed by atoms with Crippen molar-refractivity contribution in [3.05, 3.63) is 54.4 Å². The van der Waals surface area contributed by atoms with Crippen LogP contribution in [-0.2, 0) is 11.3 Å². The normalized spacial score (nSPS) is 12.0. The number of benzene rings is 2. The van der Waals surface area contributed by atoms with E-state index in [0.717, 1.165) is 16.9 Å². The highest BCUT2D eigenvalue weighted by Gasteiger charge is 2.17. The highest BCUT2D eigenvalue weighted by molar-refractivity contribution is 5.77. The van der Waals surface area contributed by atoms with E-state index in [9.17, 15) is 4.79 Å². The smallest absolute Gasteiger partial charge is 0.217 e. The quantitative estimate of drug-likeness (QED) is 0.708. The van der Waals surface area contributed by atoms with Gasteiger partial charge < -0.3 is 19.4 Å². The second kappa shape index (κ2) is 7.91. The molecule has 0 saturated carbocycles. The van der Waals surface area contributed by atoms with Crippen LogP contribution in [0.25, 0.3) is 11.0 Å². The summed E-state index contributed by atoms with van der Waals surface area (Å²) in [5, 5.41) is 2.90. The van der Waals surface area contributed by atoms with E-state index in [1.807, 2.05) is 55.5 Å². The van der Waals surface area contributed by atoms with Crippen molar-refractivity contribution in [3.8, 4) is 11.5 Å². The van der Waals surface area contributed by atoms with Crippen LogP contribution in [0, 0.1) is 0 Å². The summed E-state index contributed by atoms with van der Waals surface area (Å²) in [6.45, 7) is 4.51. The maximum atomic E-state index is 11.4. The lowest BCUT2D eigenvalue weighted by Gasteiger charge is -2.16. The first-order chi connectivity index (χ1) is 12.6. The molecule has 0 radical (unpaired) electrons. The molecule has 0 bridgehead atoms. The zero-order valence-electron chi connectivity index (χ0n) is 15.2. The Bertz CT molecular complexity index is 904. The molecule has 0 spiro atoms. The summed E-state index contributed by atoms with van der Waals surface area (Å²) in [4.78, 5) is 16.1. The topological polar surface area (TPSA) is 65.4 Å². The van der Waals surface area contributed by atoms with Crippen LogP contribution in [0.5, 0.6) is 11.5 Å². The van der Waals surface area contributed by atoms with Crippen molar-refractivity contribution in [1.82, 2.24) is 14.9 Å². The summed E-state index contributed by atoms with van der Waals surface area (Å²) in [7, 11) is 1.62. The van der Waals surface area contributed by atoms with Crippen molar-refractivity contribution < 1.29 is 14.3 Å². The molecule has 3 rings (SSSR count). The number of para-hydroxylation sites is 4. The number of amides is 1. The highest BCUT2D eigenvalue weighted by Crippen LogP contribution is 2.26. The Kier molecular flexibility index (Phi) is 5.41. The lowest BCUT2D eigenvalue weighted by atomic mass is 10.3. The van der Waals surface area contributed by atoms with Crippen LogP contribution in [0.1, 0.15) is 25.7 Å². The zero-order chi connectivity index (χ0) is 18.5. The fourth-order valence-electron chi connectivity index (χ4n) is 3.01. The van der Waals surface area contributed by atoms with Crippen LogP contribution in [-0.4, -0.2) is 29.2 Å². The van der Waals surface area contributed by atoms with Gasteiger partial charge in [-0.25, -0.2) is 4.98 Å². The molecule has 1 N–H and O–H groups in total. The SMILES string of the molecule is COc1ccccc1OCCn1c(C(C)NC(C)=O)nc2ccccc21. The largest absolute Gasteiger partial charge is 0.493 e. The Hall–Kier alpha value is -3.02. The summed E-state index contributed by atoms with van der Waals surface area (Å²) < 4.78 is 13.3. The van der Waals surface area contributed by atoms with Gasteiger partial charge in [0.1, 0.15) is 12.4 Å². The fraction of sp³-hybridized carbons (Fsp3) is 0.300. The Balaban J connectivity index is 1.82. The molecule has 0 aliphatic carbocycles. The molecule has 0 fully saturated rings. The Morgan fingerprint density at radius 2 is 1.85 bits per heavy atom. The number of nitrogens with one attached hydrogen (secondary N) is 1. The van der Waals surface area contributed by atoms with E-state index in [2.05, 4.69) is 9.88 Å². The third-order valence-electron chi connectivity index (χ3n) is 4.13. The van der Waals surface area contributed by atoms with Crippen molar-refractivity contribution in [2.45, 2.75) is 26.4 Å². The molecule has 0 aliphatic rings. The maximum Gasteiger partial charge on any atom is 0.217 e. The highest BCUT2D eigenvalue weighted by atomic mass is 16.5. The van der Waals surface area contributed by atoms with Crippen LogP contribution >= 0.6 is 0 Å². The van der Waals surface area contributed by atoms with Gasteiger partial charge in [-0.1, -0.05) is 24.3 Å². The molecule has 1 aromatic heterocycles. The van der Waals surface area contributed by atoms with E-state index >= 15 is 0 Å². The monoisotopic (exact) mass is 353 g/mol. The second-order valence-electron chi connectivity index (χ2n) is 6.03. The van der Waals surface area contributed by atoms with Crippen LogP contribution in [0.3, 0.4) is 0 Å². The first kappa shape index (κ1) is 17.8. The van der Waals surface area contributed by atoms with Crippen LogP contribution in [0.15, 0.2) is 48.5 Å². The molecule has 3 aromatic rings. The van der Waals surface area contributed by atoms with E-state index in [1.54, 1.807) is 7.11 Å². The predicted octanol–water partition coefficient (Wildman–Crippen LogP) is 3.32. The number of methoxy groups -OCH3 is 1. The third kappa shape index (κ3) is 3.79. The molecule has 0 aliphatic heterocycles. The van der Waals surface area contributed by atoms with E-state index in [-0.39, 0.29) is 11.9 Å². The van der Waals surface area contributed by atoms with Crippen molar-refractivity contribution in [2.75, 3.05) is 13.7 Å². The Morgan fingerprint density at radius 1 is 1.15 bits per heavy atom. The van der Waals surface area contributed by atoms with Gasteiger partial charge in [0.25, 0.3) is 0 Å². The van der Waals surface area contributed by atoms with Gasteiger partial charge in [0.05, 0.1) is 30.7 Å². The van der Waals surface area contributed by atoms with E-state index in [0.29, 0.717) is 24.7 Å². The predicted molar refractivity (Wildman–Crippen MR) is 100 cm³/mol. The molecule has 1 heterocycles. The lowest BCUT2D eigenvalue weighted by molar-refractivity contribution is -0.119. The molecule has 2 aromatic carbocycles. The van der Waals surface area contributed by atoms with Gasteiger partial charge in [-0.15, -0.1) is 0 Å². The van der Waals surface area contributed by atoms with Crippen LogP contribution in [0.2, 0.25) is 0 Å². The van der Waals surface area contributed by atoms with Crippen LogP contribution in [0.4, 0.5) is 0 Å². The molecule has 6 nitrogen and oxygen atoms in total. The number of fused-ring (bicyclic) bond motifs is 1. The van der Waals surface area contributed by atoms with E-state index in [4.69, 9.17) is 14.5 Å². The lowest BCUT2D eigenvalue weighted by Crippen LogP contribution is -2.27. The maximum absolute atomic E-state index is 11.4. The van der Waals surface area contributed by atoms with E-state index in [1.165, 1.54) is 6.92 Å². The summed E-state index contributed by atoms with van der Waals surface area (Å²) in [6, 6.07) is 15.3. The number of hydrogen-bond acceptors (Lipinski definition) is 4. The minimum atomic E-state index is -0.189. The van der Waals surface area contributed by atoms with Gasteiger partial charge in [-0.2, -0.15) is 0 Å². The summed E-state index contributed by atoms with van der Waals surface area (Å²) in [6.07, 6.45) is 0. The fourth-order valence-corrected chi connectivity index (χ4v) is 3.01. The summed E-state index contributed by atoms with van der Waals surface area (Å²) in [5.41, 5.74) is 1.92. The zero-order valence-corrected chi connectivity index (χ0v) is 15.2. The summed E-state index contributed by atoms with van der Waals surface area (Å²) >= 11 is 0. The molecule has 136 valence electrons. The van der Waals surface area contributed by atoms with Crippen molar-refractivity contribution in [2.24, 2.45) is 0 Å². The number of imidazole rings is 1. The minimum Gasteiger partial charge on any atom is -0.493 e. The average molecular weight is 353 g/mol. The Labute approximate surface area is 152 Å². The van der Waals surface area contributed by atoms with Gasteiger partial charge in [0, 0.05) is 6.92 Å². The van der Waals surface area contributed by atoms with Gasteiger partial charge in [0.2, 0.25) is 5.91 Å². The number of carbonyl (C=O) groups is 1. The number of hydrogen-bond donors (Lipinski definition) is 1. The van der Waals surface area contributed by atoms with Crippen molar-refractivity contribution >= 4 is 16.9 Å². The molecule has 0 saturated heterocycles. The number of aromatic nitrogens is 2. The molecule has 1 amide bonds. The van der Waals surface area contributed by atoms with E-state index < -0.39 is 0 Å². The number of carbonyl (C=O) groups excluding carboxylic acids is 1. The summed E-state index contributed by atoms with van der Waals surface area (Å²) in [5.74, 6) is 2.14. The molecule has 6 heteroatoms. The van der Waals surface area contributed by atoms with Crippen molar-refractivity contribution in [1.29, 1.82) is 0 Å². The number of ether oxygens (including phenoxy) is 2. The first-order valence-corrected chi connectivity index (χ1v) is 8.58. The molecule has 1 atom stereocenters. The van der Waals surface area contributed by atoms with Crippen LogP contribution < -0.4 is 14.8 Å². The van der Waals surface area contributed by atoms with Gasteiger partial charge in [-0.05, 0) is 31.2 Å². The number of nitrogens with zero attached hydrogens (tertiary/aromatic N) is 2. The molecule has 26 heavy (non-hydrogen) atoms. The molecular weight excluding hydrogens is 330 g/mol.